The van der Waals surface area contributed by atoms with Crippen LogP contribution >= 0.6 is 0 Å². The fraction of sp³-hybridized carbons (Fsp3) is 0.579. The second-order valence-electron chi connectivity index (χ2n) is 7.66. The van der Waals surface area contributed by atoms with E-state index in [2.05, 4.69) is 15.5 Å². The van der Waals surface area contributed by atoms with Crippen LogP contribution in [0, 0.1) is 17.2 Å². The van der Waals surface area contributed by atoms with E-state index in [1.54, 1.807) is 12.1 Å². The molecule has 25 heavy (non-hydrogen) atoms. The lowest BCUT2D eigenvalue weighted by Gasteiger charge is -2.50. The fourth-order valence-electron chi connectivity index (χ4n) is 3.80. The molecule has 1 aromatic carbocycles. The number of likely N-dealkylation sites (tertiary alicyclic amines) is 1. The van der Waals surface area contributed by atoms with Gasteiger partial charge in [-0.25, -0.2) is 4.39 Å². The van der Waals surface area contributed by atoms with E-state index in [-0.39, 0.29) is 29.1 Å². The summed E-state index contributed by atoms with van der Waals surface area (Å²) in [4.78, 5) is 25.9. The third-order valence-corrected chi connectivity index (χ3v) is 5.54. The Morgan fingerprint density at radius 3 is 2.48 bits per heavy atom. The first kappa shape index (κ1) is 17.9. The lowest BCUT2D eigenvalue weighted by molar-refractivity contribution is -0.146. The Morgan fingerprint density at radius 1 is 1.28 bits per heavy atom. The molecule has 2 heterocycles. The number of nitrogens with one attached hydrogen (secondary N) is 2. The van der Waals surface area contributed by atoms with Gasteiger partial charge in [0.15, 0.2) is 0 Å². The maximum atomic E-state index is 12.9. The molecule has 0 aromatic heterocycles. The monoisotopic (exact) mass is 347 g/mol. The van der Waals surface area contributed by atoms with Crippen LogP contribution in [0.3, 0.4) is 0 Å². The Balaban J connectivity index is 1.38. The number of nitrogens with zero attached hydrogens (tertiary/aromatic N) is 1. The minimum absolute atomic E-state index is 0.0545. The highest BCUT2D eigenvalue weighted by Crippen LogP contribution is 2.38. The van der Waals surface area contributed by atoms with Crippen LogP contribution in [0.15, 0.2) is 24.3 Å². The van der Waals surface area contributed by atoms with Gasteiger partial charge in [-0.05, 0) is 70.0 Å². The van der Waals surface area contributed by atoms with Gasteiger partial charge < -0.3 is 15.5 Å². The standard InChI is InChI=1S/C19H26FN3O2/c1-19(2)17(22-18(19)25)13-7-10-23(11-8-13)12-9-16(24)21-15-5-3-14(20)4-6-15/h3-6,13,17H,7-12H2,1-2H3,(H,21,24)(H,22,25)/t17-/m1/s1. The van der Waals surface area contributed by atoms with Crippen LogP contribution in [0.4, 0.5) is 10.1 Å². The van der Waals surface area contributed by atoms with Gasteiger partial charge in [0.25, 0.3) is 0 Å². The van der Waals surface area contributed by atoms with Crippen LogP contribution in [0.25, 0.3) is 0 Å². The molecular formula is C19H26FN3O2. The van der Waals surface area contributed by atoms with E-state index in [1.807, 2.05) is 13.8 Å². The SMILES string of the molecule is CC1(C)C(=O)N[C@@H]1C1CCN(CCC(=O)Nc2ccc(F)cc2)CC1. The highest BCUT2D eigenvalue weighted by atomic mass is 19.1. The van der Waals surface area contributed by atoms with E-state index in [0.29, 0.717) is 18.0 Å². The molecular weight excluding hydrogens is 321 g/mol. The zero-order valence-corrected chi connectivity index (χ0v) is 14.8. The Labute approximate surface area is 148 Å². The second kappa shape index (κ2) is 7.12. The van der Waals surface area contributed by atoms with E-state index >= 15 is 0 Å². The summed E-state index contributed by atoms with van der Waals surface area (Å²) in [6.45, 7) is 6.67. The van der Waals surface area contributed by atoms with Gasteiger partial charge in [-0.2, -0.15) is 0 Å². The van der Waals surface area contributed by atoms with Crippen molar-refractivity contribution in [2.24, 2.45) is 11.3 Å². The van der Waals surface area contributed by atoms with Crippen molar-refractivity contribution in [3.05, 3.63) is 30.1 Å². The number of halogens is 1. The van der Waals surface area contributed by atoms with Crippen LogP contribution in [0.2, 0.25) is 0 Å². The molecule has 1 aromatic rings. The molecule has 2 fully saturated rings. The second-order valence-corrected chi connectivity index (χ2v) is 7.66. The maximum Gasteiger partial charge on any atom is 0.228 e. The molecule has 0 radical (unpaired) electrons. The van der Waals surface area contributed by atoms with Gasteiger partial charge in [-0.1, -0.05) is 0 Å². The minimum Gasteiger partial charge on any atom is -0.351 e. The highest BCUT2D eigenvalue weighted by Gasteiger charge is 2.50. The van der Waals surface area contributed by atoms with Crippen molar-refractivity contribution < 1.29 is 14.0 Å². The molecule has 2 aliphatic heterocycles. The molecule has 0 saturated carbocycles. The van der Waals surface area contributed by atoms with Crippen molar-refractivity contribution >= 4 is 17.5 Å². The number of carbonyl (C=O) groups is 2. The number of hydrogen-bond acceptors (Lipinski definition) is 3. The van der Waals surface area contributed by atoms with Crippen LogP contribution in [0.1, 0.15) is 33.1 Å². The molecule has 2 aliphatic rings. The fourth-order valence-corrected chi connectivity index (χ4v) is 3.80. The molecule has 0 aliphatic carbocycles. The van der Waals surface area contributed by atoms with Gasteiger partial charge in [0.2, 0.25) is 11.8 Å². The Hall–Kier alpha value is -1.95. The lowest BCUT2D eigenvalue weighted by Crippen LogP contribution is -2.67. The van der Waals surface area contributed by atoms with Crippen molar-refractivity contribution in [2.75, 3.05) is 25.0 Å². The Bertz CT molecular complexity index is 637. The predicted molar refractivity (Wildman–Crippen MR) is 94.5 cm³/mol. The number of carbonyl (C=O) groups excluding carboxylic acids is 2. The first-order chi connectivity index (χ1) is 11.9. The molecule has 2 amide bonds. The van der Waals surface area contributed by atoms with Crippen LogP contribution < -0.4 is 10.6 Å². The largest absolute Gasteiger partial charge is 0.351 e. The molecule has 136 valence electrons. The predicted octanol–water partition coefficient (Wildman–Crippen LogP) is 2.39. The zero-order valence-electron chi connectivity index (χ0n) is 14.8. The van der Waals surface area contributed by atoms with E-state index in [0.717, 1.165) is 32.5 Å². The van der Waals surface area contributed by atoms with Crippen molar-refractivity contribution in [1.29, 1.82) is 0 Å². The van der Waals surface area contributed by atoms with Gasteiger partial charge in [0, 0.05) is 24.7 Å². The maximum absolute atomic E-state index is 12.9. The topological polar surface area (TPSA) is 61.4 Å². The molecule has 3 rings (SSSR count). The van der Waals surface area contributed by atoms with Gasteiger partial charge in [0.1, 0.15) is 5.82 Å². The van der Waals surface area contributed by atoms with Crippen LogP contribution in [-0.4, -0.2) is 42.4 Å². The molecule has 0 spiro atoms. The van der Waals surface area contributed by atoms with Gasteiger partial charge in [0.05, 0.1) is 5.41 Å². The van der Waals surface area contributed by atoms with Gasteiger partial charge >= 0.3 is 0 Å². The number of benzene rings is 1. The van der Waals surface area contributed by atoms with E-state index in [4.69, 9.17) is 0 Å². The highest BCUT2D eigenvalue weighted by molar-refractivity contribution is 5.90. The van der Waals surface area contributed by atoms with Crippen LogP contribution in [-0.2, 0) is 9.59 Å². The molecule has 6 heteroatoms. The number of anilines is 1. The molecule has 2 N–H and O–H groups in total. The van der Waals surface area contributed by atoms with Crippen molar-refractivity contribution in [1.82, 2.24) is 10.2 Å². The number of piperidine rings is 1. The minimum atomic E-state index is -0.313. The Kier molecular flexibility index (Phi) is 5.08. The number of β-lactam (4-membered cyclic amide) rings is 1. The molecule has 0 unspecified atom stereocenters. The summed E-state index contributed by atoms with van der Waals surface area (Å²) in [5.74, 6) is 0.308. The third kappa shape index (κ3) is 4.00. The first-order valence-corrected chi connectivity index (χ1v) is 8.95. The summed E-state index contributed by atoms with van der Waals surface area (Å²) in [6, 6.07) is 6.08. The summed E-state index contributed by atoms with van der Waals surface area (Å²) in [5.41, 5.74) is 0.370. The molecule has 2 saturated heterocycles. The third-order valence-electron chi connectivity index (χ3n) is 5.54. The van der Waals surface area contributed by atoms with E-state index in [9.17, 15) is 14.0 Å². The average Bonchev–Trinajstić information content (AvgIpc) is 2.60. The van der Waals surface area contributed by atoms with Crippen molar-refractivity contribution in [3.8, 4) is 0 Å². The smallest absolute Gasteiger partial charge is 0.228 e. The summed E-state index contributed by atoms with van der Waals surface area (Å²) in [5, 5.41) is 5.84. The number of rotatable bonds is 5. The quantitative estimate of drug-likeness (QED) is 0.804. The van der Waals surface area contributed by atoms with Crippen molar-refractivity contribution in [3.63, 3.8) is 0 Å². The summed E-state index contributed by atoms with van der Waals surface area (Å²) in [6.07, 6.45) is 2.52. The van der Waals surface area contributed by atoms with E-state index < -0.39 is 0 Å². The normalized spacial score (nSPS) is 23.6. The van der Waals surface area contributed by atoms with Gasteiger partial charge in [-0.3, -0.25) is 9.59 Å². The summed E-state index contributed by atoms with van der Waals surface area (Å²) >= 11 is 0. The van der Waals surface area contributed by atoms with Crippen LogP contribution in [0.5, 0.6) is 0 Å². The zero-order chi connectivity index (χ0) is 18.0. The first-order valence-electron chi connectivity index (χ1n) is 8.95. The molecule has 0 bridgehead atoms. The Morgan fingerprint density at radius 2 is 1.92 bits per heavy atom. The van der Waals surface area contributed by atoms with E-state index in [1.165, 1.54) is 12.1 Å². The molecule has 1 atom stereocenters. The summed E-state index contributed by atoms with van der Waals surface area (Å²) < 4.78 is 12.9. The number of hydrogen-bond donors (Lipinski definition) is 2. The molecule has 5 nitrogen and oxygen atoms in total. The number of amides is 2. The summed E-state index contributed by atoms with van der Waals surface area (Å²) in [7, 11) is 0. The van der Waals surface area contributed by atoms with Gasteiger partial charge in [-0.15, -0.1) is 0 Å². The van der Waals surface area contributed by atoms with Crippen molar-refractivity contribution in [2.45, 2.75) is 39.2 Å². The average molecular weight is 347 g/mol. The lowest BCUT2D eigenvalue weighted by atomic mass is 9.68.